The SMILES string of the molecule is CCc1ccc(NC(=O)Cn2c(=O)n(Cc3ccc(C(=O)NC)cc3)c(=O)c3cc(OC)c(OC)cc32)cc1. The Balaban J connectivity index is 1.79. The number of methoxy groups -OCH3 is 2. The van der Waals surface area contributed by atoms with Crippen LogP contribution in [-0.2, 0) is 24.3 Å². The molecule has 1 aromatic heterocycles. The number of ether oxygens (including phenoxy) is 2. The minimum Gasteiger partial charge on any atom is -0.493 e. The molecule has 0 spiro atoms. The molecule has 2 amide bonds. The van der Waals surface area contributed by atoms with E-state index in [0.717, 1.165) is 16.6 Å². The Hall–Kier alpha value is -4.86. The summed E-state index contributed by atoms with van der Waals surface area (Å²) in [6.07, 6.45) is 0.872. The van der Waals surface area contributed by atoms with Crippen LogP contribution in [-0.4, -0.2) is 42.2 Å². The number of hydrogen-bond donors (Lipinski definition) is 2. The van der Waals surface area contributed by atoms with Gasteiger partial charge in [-0.1, -0.05) is 31.2 Å². The van der Waals surface area contributed by atoms with Crippen molar-refractivity contribution in [3.63, 3.8) is 0 Å². The second kappa shape index (κ2) is 11.7. The summed E-state index contributed by atoms with van der Waals surface area (Å²) in [6, 6.07) is 17.0. The molecule has 0 fully saturated rings. The molecule has 4 rings (SSSR count). The van der Waals surface area contributed by atoms with Crippen LogP contribution in [0.4, 0.5) is 5.69 Å². The first-order valence-corrected chi connectivity index (χ1v) is 12.4. The molecular formula is C29H30N4O6. The zero-order valence-corrected chi connectivity index (χ0v) is 22.2. The molecule has 2 N–H and O–H groups in total. The third-order valence-electron chi connectivity index (χ3n) is 6.46. The van der Waals surface area contributed by atoms with Crippen molar-refractivity contribution in [1.82, 2.24) is 14.5 Å². The Morgan fingerprint density at radius 1 is 0.846 bits per heavy atom. The molecule has 4 aromatic rings. The van der Waals surface area contributed by atoms with Crippen molar-refractivity contribution >= 4 is 28.4 Å². The molecule has 0 saturated carbocycles. The Kier molecular flexibility index (Phi) is 8.14. The molecule has 0 saturated heterocycles. The molecule has 0 aliphatic carbocycles. The Morgan fingerprint density at radius 3 is 2.05 bits per heavy atom. The van der Waals surface area contributed by atoms with E-state index in [1.807, 2.05) is 19.1 Å². The zero-order chi connectivity index (χ0) is 28.1. The fourth-order valence-corrected chi connectivity index (χ4v) is 4.29. The normalized spacial score (nSPS) is 10.8. The first-order chi connectivity index (χ1) is 18.8. The largest absolute Gasteiger partial charge is 0.493 e. The van der Waals surface area contributed by atoms with E-state index in [2.05, 4.69) is 10.6 Å². The number of carbonyl (C=O) groups excluding carboxylic acids is 2. The summed E-state index contributed by atoms with van der Waals surface area (Å²) >= 11 is 0. The zero-order valence-electron chi connectivity index (χ0n) is 22.2. The number of aromatic nitrogens is 2. The molecule has 0 aliphatic heterocycles. The van der Waals surface area contributed by atoms with Crippen LogP contribution >= 0.6 is 0 Å². The van der Waals surface area contributed by atoms with E-state index in [1.54, 1.807) is 36.4 Å². The Morgan fingerprint density at radius 2 is 1.46 bits per heavy atom. The van der Waals surface area contributed by atoms with E-state index >= 15 is 0 Å². The predicted octanol–water partition coefficient (Wildman–Crippen LogP) is 2.79. The van der Waals surface area contributed by atoms with Crippen molar-refractivity contribution in [2.75, 3.05) is 26.6 Å². The average molecular weight is 531 g/mol. The van der Waals surface area contributed by atoms with Crippen molar-refractivity contribution in [1.29, 1.82) is 0 Å². The van der Waals surface area contributed by atoms with E-state index in [0.29, 0.717) is 28.3 Å². The van der Waals surface area contributed by atoms with Gasteiger partial charge in [-0.15, -0.1) is 0 Å². The lowest BCUT2D eigenvalue weighted by atomic mass is 10.1. The molecule has 39 heavy (non-hydrogen) atoms. The van der Waals surface area contributed by atoms with Crippen LogP contribution in [0.15, 0.2) is 70.3 Å². The number of amides is 2. The number of fused-ring (bicyclic) bond motifs is 1. The summed E-state index contributed by atoms with van der Waals surface area (Å²) < 4.78 is 13.1. The highest BCUT2D eigenvalue weighted by Crippen LogP contribution is 2.30. The number of rotatable bonds is 9. The van der Waals surface area contributed by atoms with Gasteiger partial charge < -0.3 is 20.1 Å². The molecule has 10 nitrogen and oxygen atoms in total. The summed E-state index contributed by atoms with van der Waals surface area (Å²) in [6.45, 7) is 1.64. The van der Waals surface area contributed by atoms with Gasteiger partial charge in [0, 0.05) is 24.4 Å². The molecule has 0 radical (unpaired) electrons. The maximum absolute atomic E-state index is 13.7. The minimum absolute atomic E-state index is 0.0595. The Bertz CT molecular complexity index is 1640. The molecule has 10 heteroatoms. The van der Waals surface area contributed by atoms with Gasteiger partial charge in [0.2, 0.25) is 5.91 Å². The summed E-state index contributed by atoms with van der Waals surface area (Å²) in [5.41, 5.74) is 1.85. The summed E-state index contributed by atoms with van der Waals surface area (Å²) in [4.78, 5) is 52.1. The maximum atomic E-state index is 13.7. The fourth-order valence-electron chi connectivity index (χ4n) is 4.29. The van der Waals surface area contributed by atoms with Gasteiger partial charge in [0.1, 0.15) is 6.54 Å². The van der Waals surface area contributed by atoms with Crippen molar-refractivity contribution < 1.29 is 19.1 Å². The van der Waals surface area contributed by atoms with Gasteiger partial charge in [0.15, 0.2) is 11.5 Å². The van der Waals surface area contributed by atoms with Crippen molar-refractivity contribution in [2.45, 2.75) is 26.4 Å². The van der Waals surface area contributed by atoms with E-state index in [-0.39, 0.29) is 29.9 Å². The summed E-state index contributed by atoms with van der Waals surface area (Å²) in [5.74, 6) is -0.0503. The number of nitrogens with one attached hydrogen (secondary N) is 2. The maximum Gasteiger partial charge on any atom is 0.332 e. The highest BCUT2D eigenvalue weighted by Gasteiger charge is 2.19. The highest BCUT2D eigenvalue weighted by molar-refractivity contribution is 5.94. The molecule has 0 atom stereocenters. The monoisotopic (exact) mass is 530 g/mol. The lowest BCUT2D eigenvalue weighted by molar-refractivity contribution is -0.116. The highest BCUT2D eigenvalue weighted by atomic mass is 16.5. The van der Waals surface area contributed by atoms with Gasteiger partial charge in [0.25, 0.3) is 11.5 Å². The van der Waals surface area contributed by atoms with Crippen LogP contribution in [0.3, 0.4) is 0 Å². The smallest absolute Gasteiger partial charge is 0.332 e. The molecule has 0 unspecified atom stereocenters. The number of benzene rings is 3. The Labute approximate surface area is 224 Å². The third kappa shape index (κ3) is 5.69. The van der Waals surface area contributed by atoms with Crippen LogP contribution in [0.25, 0.3) is 10.9 Å². The van der Waals surface area contributed by atoms with Crippen LogP contribution in [0, 0.1) is 0 Å². The standard InChI is InChI=1S/C29H30N4O6/c1-5-18-8-12-21(13-9-18)31-26(34)17-32-23-15-25(39-4)24(38-3)14-22(23)28(36)33(29(32)37)16-19-6-10-20(11-7-19)27(35)30-2/h6-15H,5,16-17H2,1-4H3,(H,30,35)(H,31,34). The van der Waals surface area contributed by atoms with E-state index in [4.69, 9.17) is 9.47 Å². The quantitative estimate of drug-likeness (QED) is 0.343. The van der Waals surface area contributed by atoms with Crippen molar-refractivity contribution in [3.8, 4) is 11.5 Å². The van der Waals surface area contributed by atoms with Gasteiger partial charge in [-0.3, -0.25) is 23.5 Å². The first kappa shape index (κ1) is 27.2. The molecule has 3 aromatic carbocycles. The topological polar surface area (TPSA) is 121 Å². The number of aryl methyl sites for hydroxylation is 1. The van der Waals surface area contributed by atoms with Gasteiger partial charge in [-0.2, -0.15) is 0 Å². The van der Waals surface area contributed by atoms with Gasteiger partial charge in [-0.25, -0.2) is 4.79 Å². The lowest BCUT2D eigenvalue weighted by Crippen LogP contribution is -2.42. The number of nitrogens with zero attached hydrogens (tertiary/aromatic N) is 2. The minimum atomic E-state index is -0.661. The van der Waals surface area contributed by atoms with Gasteiger partial charge in [-0.05, 0) is 47.9 Å². The van der Waals surface area contributed by atoms with Gasteiger partial charge >= 0.3 is 5.69 Å². The summed E-state index contributed by atoms with van der Waals surface area (Å²) in [7, 11) is 4.43. The molecule has 202 valence electrons. The first-order valence-electron chi connectivity index (χ1n) is 12.4. The fraction of sp³-hybridized carbons (Fsp3) is 0.241. The van der Waals surface area contributed by atoms with Crippen LogP contribution in [0.2, 0.25) is 0 Å². The second-order valence-electron chi connectivity index (χ2n) is 8.86. The lowest BCUT2D eigenvalue weighted by Gasteiger charge is -2.16. The van der Waals surface area contributed by atoms with Crippen LogP contribution in [0.5, 0.6) is 11.5 Å². The molecular weight excluding hydrogens is 500 g/mol. The predicted molar refractivity (Wildman–Crippen MR) is 149 cm³/mol. The number of carbonyl (C=O) groups is 2. The second-order valence-corrected chi connectivity index (χ2v) is 8.86. The van der Waals surface area contributed by atoms with E-state index in [9.17, 15) is 19.2 Å². The van der Waals surface area contributed by atoms with Crippen LogP contribution in [0.1, 0.15) is 28.4 Å². The van der Waals surface area contributed by atoms with Crippen molar-refractivity contribution in [2.24, 2.45) is 0 Å². The molecule has 0 bridgehead atoms. The van der Waals surface area contributed by atoms with Crippen molar-refractivity contribution in [3.05, 3.63) is 98.2 Å². The molecule has 1 heterocycles. The van der Waals surface area contributed by atoms with E-state index < -0.39 is 17.2 Å². The number of anilines is 1. The van der Waals surface area contributed by atoms with Gasteiger partial charge in [0.05, 0.1) is 31.7 Å². The third-order valence-corrected chi connectivity index (χ3v) is 6.46. The average Bonchev–Trinajstić information content (AvgIpc) is 2.97. The van der Waals surface area contributed by atoms with Crippen LogP contribution < -0.4 is 31.4 Å². The van der Waals surface area contributed by atoms with E-state index in [1.165, 1.54) is 38.0 Å². The summed E-state index contributed by atoms with van der Waals surface area (Å²) in [5, 5.41) is 5.55. The number of hydrogen-bond acceptors (Lipinski definition) is 6. The molecule has 0 aliphatic rings.